The number of hydrogen-bond donors (Lipinski definition) is 1. The van der Waals surface area contributed by atoms with Crippen LogP contribution in [0.15, 0.2) is 4.52 Å². The van der Waals surface area contributed by atoms with E-state index in [-0.39, 0.29) is 12.2 Å². The van der Waals surface area contributed by atoms with Crippen molar-refractivity contribution in [2.24, 2.45) is 0 Å². The van der Waals surface area contributed by atoms with Gasteiger partial charge in [0.25, 0.3) is 0 Å². The Morgan fingerprint density at radius 1 is 1.62 bits per heavy atom. The Labute approximate surface area is 94.3 Å². The van der Waals surface area contributed by atoms with E-state index in [2.05, 4.69) is 15.5 Å². The summed E-state index contributed by atoms with van der Waals surface area (Å²) in [6.07, 6.45) is 0.638. The Morgan fingerprint density at radius 3 is 3.19 bits per heavy atom. The van der Waals surface area contributed by atoms with E-state index in [0.29, 0.717) is 18.1 Å². The lowest BCUT2D eigenvalue weighted by atomic mass is 10.2. The molecule has 1 aliphatic rings. The van der Waals surface area contributed by atoms with Crippen LogP contribution >= 0.6 is 0 Å². The lowest BCUT2D eigenvalue weighted by molar-refractivity contribution is 0.0246. The van der Waals surface area contributed by atoms with Crippen LogP contribution < -0.4 is 5.32 Å². The smallest absolute Gasteiger partial charge is 0.229 e. The van der Waals surface area contributed by atoms with Crippen LogP contribution in [0.3, 0.4) is 0 Å². The maximum Gasteiger partial charge on any atom is 0.229 e. The molecule has 2 unspecified atom stereocenters. The fourth-order valence-corrected chi connectivity index (χ4v) is 1.57. The molecule has 1 aromatic heterocycles. The van der Waals surface area contributed by atoms with Crippen molar-refractivity contribution in [3.63, 3.8) is 0 Å². The van der Waals surface area contributed by atoms with Crippen molar-refractivity contribution in [1.29, 1.82) is 0 Å². The quantitative estimate of drug-likeness (QED) is 0.798. The number of ether oxygens (including phenoxy) is 2. The van der Waals surface area contributed by atoms with E-state index in [4.69, 9.17) is 14.0 Å². The van der Waals surface area contributed by atoms with Gasteiger partial charge in [0.05, 0.1) is 19.1 Å². The topological polar surface area (TPSA) is 69.4 Å². The summed E-state index contributed by atoms with van der Waals surface area (Å²) in [5.74, 6) is 1.19. The molecule has 1 N–H and O–H groups in total. The van der Waals surface area contributed by atoms with Gasteiger partial charge in [-0.2, -0.15) is 4.98 Å². The van der Waals surface area contributed by atoms with Gasteiger partial charge in [-0.15, -0.1) is 0 Å². The first-order valence-corrected chi connectivity index (χ1v) is 5.47. The molecule has 0 bridgehead atoms. The van der Waals surface area contributed by atoms with Crippen LogP contribution in [0.5, 0.6) is 0 Å². The summed E-state index contributed by atoms with van der Waals surface area (Å²) in [6.45, 7) is 4.36. The van der Waals surface area contributed by atoms with E-state index >= 15 is 0 Å². The average Bonchev–Trinajstić information content (AvgIpc) is 2.78. The molecule has 0 aromatic carbocycles. The summed E-state index contributed by atoms with van der Waals surface area (Å²) in [5.41, 5.74) is 0. The van der Waals surface area contributed by atoms with Gasteiger partial charge in [-0.05, 0) is 6.92 Å². The fraction of sp³-hybridized carbons (Fsp3) is 0.800. The third kappa shape index (κ3) is 2.78. The molecule has 2 rings (SSSR count). The molecule has 1 saturated heterocycles. The monoisotopic (exact) mass is 227 g/mol. The largest absolute Gasteiger partial charge is 0.375 e. The average molecular weight is 227 g/mol. The molecule has 0 saturated carbocycles. The van der Waals surface area contributed by atoms with Crippen LogP contribution in [0, 0.1) is 0 Å². The van der Waals surface area contributed by atoms with E-state index in [9.17, 15) is 0 Å². The Hall–Kier alpha value is -0.980. The predicted octanol–water partition coefficient (Wildman–Crippen LogP) is 0.308. The maximum absolute atomic E-state index is 5.56. The standard InChI is InChI=1S/C10H17N3O3/c1-7(14-2)10-12-9(16-13-10)5-8-6-11-3-4-15-8/h7-8,11H,3-6H2,1-2H3. The highest BCUT2D eigenvalue weighted by Gasteiger charge is 2.19. The molecule has 16 heavy (non-hydrogen) atoms. The zero-order chi connectivity index (χ0) is 11.4. The lowest BCUT2D eigenvalue weighted by Gasteiger charge is -2.21. The third-order valence-electron chi connectivity index (χ3n) is 2.61. The zero-order valence-electron chi connectivity index (χ0n) is 9.60. The minimum Gasteiger partial charge on any atom is -0.375 e. The molecule has 6 heteroatoms. The molecule has 2 heterocycles. The van der Waals surface area contributed by atoms with Gasteiger partial charge in [0.2, 0.25) is 5.89 Å². The highest BCUT2D eigenvalue weighted by Crippen LogP contribution is 2.13. The molecule has 1 aromatic rings. The lowest BCUT2D eigenvalue weighted by Crippen LogP contribution is -2.39. The Balaban J connectivity index is 1.91. The molecule has 0 spiro atoms. The van der Waals surface area contributed by atoms with Gasteiger partial charge in [0, 0.05) is 20.2 Å². The predicted molar refractivity (Wildman–Crippen MR) is 56.0 cm³/mol. The van der Waals surface area contributed by atoms with E-state index in [0.717, 1.165) is 19.7 Å². The summed E-state index contributed by atoms with van der Waals surface area (Å²) in [6, 6.07) is 0. The molecule has 0 radical (unpaired) electrons. The Kier molecular flexibility index (Phi) is 3.87. The van der Waals surface area contributed by atoms with Crippen molar-refractivity contribution in [2.45, 2.75) is 25.6 Å². The number of aromatic nitrogens is 2. The second-order valence-electron chi connectivity index (χ2n) is 3.83. The third-order valence-corrected chi connectivity index (χ3v) is 2.61. The summed E-state index contributed by atoms with van der Waals surface area (Å²) >= 11 is 0. The second kappa shape index (κ2) is 5.38. The molecule has 90 valence electrons. The first-order chi connectivity index (χ1) is 7.79. The number of hydrogen-bond acceptors (Lipinski definition) is 6. The minimum atomic E-state index is -0.136. The summed E-state index contributed by atoms with van der Waals surface area (Å²) < 4.78 is 15.8. The molecular weight excluding hydrogens is 210 g/mol. The molecule has 1 aliphatic heterocycles. The van der Waals surface area contributed by atoms with Crippen molar-refractivity contribution < 1.29 is 14.0 Å². The highest BCUT2D eigenvalue weighted by molar-refractivity contribution is 4.92. The van der Waals surface area contributed by atoms with Crippen molar-refractivity contribution in [1.82, 2.24) is 15.5 Å². The Morgan fingerprint density at radius 2 is 2.50 bits per heavy atom. The minimum absolute atomic E-state index is 0.125. The molecule has 0 amide bonds. The molecule has 2 atom stereocenters. The zero-order valence-corrected chi connectivity index (χ0v) is 9.60. The Bertz CT molecular complexity index is 323. The number of morpholine rings is 1. The molecule has 0 aliphatic carbocycles. The van der Waals surface area contributed by atoms with Gasteiger partial charge in [-0.1, -0.05) is 5.16 Å². The first kappa shape index (κ1) is 11.5. The van der Waals surface area contributed by atoms with Gasteiger partial charge in [0.1, 0.15) is 6.10 Å². The van der Waals surface area contributed by atoms with Gasteiger partial charge in [-0.3, -0.25) is 0 Å². The number of nitrogens with zero attached hydrogens (tertiary/aromatic N) is 2. The van der Waals surface area contributed by atoms with E-state index in [1.54, 1.807) is 7.11 Å². The highest BCUT2D eigenvalue weighted by atomic mass is 16.5. The summed E-state index contributed by atoms with van der Waals surface area (Å²) in [4.78, 5) is 4.26. The van der Waals surface area contributed by atoms with Crippen LogP contribution in [0.25, 0.3) is 0 Å². The van der Waals surface area contributed by atoms with Gasteiger partial charge in [0.15, 0.2) is 5.82 Å². The number of rotatable bonds is 4. The molecular formula is C10H17N3O3. The van der Waals surface area contributed by atoms with Crippen molar-refractivity contribution in [2.75, 3.05) is 26.8 Å². The first-order valence-electron chi connectivity index (χ1n) is 5.47. The molecule has 1 fully saturated rings. The van der Waals surface area contributed by atoms with Crippen molar-refractivity contribution in [3.05, 3.63) is 11.7 Å². The van der Waals surface area contributed by atoms with Crippen LogP contribution in [-0.4, -0.2) is 43.1 Å². The summed E-state index contributed by atoms with van der Waals surface area (Å²) in [5, 5.41) is 7.12. The fourth-order valence-electron chi connectivity index (χ4n) is 1.57. The number of methoxy groups -OCH3 is 1. The van der Waals surface area contributed by atoms with Gasteiger partial charge in [-0.25, -0.2) is 0 Å². The van der Waals surface area contributed by atoms with E-state index < -0.39 is 0 Å². The van der Waals surface area contributed by atoms with E-state index in [1.807, 2.05) is 6.92 Å². The van der Waals surface area contributed by atoms with Gasteiger partial charge < -0.3 is 19.3 Å². The van der Waals surface area contributed by atoms with Crippen LogP contribution in [0.2, 0.25) is 0 Å². The molecule has 6 nitrogen and oxygen atoms in total. The van der Waals surface area contributed by atoms with Crippen LogP contribution in [0.4, 0.5) is 0 Å². The van der Waals surface area contributed by atoms with Crippen LogP contribution in [0.1, 0.15) is 24.7 Å². The maximum atomic E-state index is 5.56. The SMILES string of the molecule is COC(C)c1noc(CC2CNCCO2)n1. The summed E-state index contributed by atoms with van der Waals surface area (Å²) in [7, 11) is 1.62. The van der Waals surface area contributed by atoms with E-state index in [1.165, 1.54) is 0 Å². The second-order valence-corrected chi connectivity index (χ2v) is 3.83. The van der Waals surface area contributed by atoms with Gasteiger partial charge >= 0.3 is 0 Å². The van der Waals surface area contributed by atoms with Crippen molar-refractivity contribution >= 4 is 0 Å². The number of nitrogens with one attached hydrogen (secondary N) is 1. The van der Waals surface area contributed by atoms with Crippen LogP contribution in [-0.2, 0) is 15.9 Å². The van der Waals surface area contributed by atoms with Crippen molar-refractivity contribution in [3.8, 4) is 0 Å². The normalized spacial score (nSPS) is 23.2.